The molecule has 0 unspecified atom stereocenters. The fraction of sp³-hybridized carbons (Fsp3) is 0.296. The number of rotatable bonds is 7. The van der Waals surface area contributed by atoms with Crippen molar-refractivity contribution in [2.24, 2.45) is 0 Å². The quantitative estimate of drug-likeness (QED) is 0.194. The molecule has 0 aliphatic carbocycles. The van der Waals surface area contributed by atoms with E-state index < -0.39 is 45.0 Å². The number of hydrogen-bond donors (Lipinski definition) is 2. The average Bonchev–Trinajstić information content (AvgIpc) is 2.82. The molecule has 2 aromatic carbocycles. The Labute approximate surface area is 215 Å². The van der Waals surface area contributed by atoms with Crippen LogP contribution in [0.4, 0.5) is 18.9 Å². The number of benzene rings is 2. The number of aromatic hydroxyl groups is 2. The number of fused-ring (bicyclic) bond motifs is 1. The van der Waals surface area contributed by atoms with Crippen molar-refractivity contribution in [3.8, 4) is 28.6 Å². The van der Waals surface area contributed by atoms with Crippen LogP contribution in [0, 0.1) is 10.1 Å². The topological polar surface area (TPSA) is 123 Å². The van der Waals surface area contributed by atoms with E-state index in [4.69, 9.17) is 9.15 Å². The fourth-order valence-corrected chi connectivity index (χ4v) is 3.93. The molecule has 0 atom stereocenters. The van der Waals surface area contributed by atoms with Gasteiger partial charge in [0.2, 0.25) is 11.2 Å². The zero-order chi connectivity index (χ0) is 28.5. The van der Waals surface area contributed by atoms with Crippen molar-refractivity contribution in [2.75, 3.05) is 7.11 Å². The van der Waals surface area contributed by atoms with E-state index >= 15 is 0 Å². The number of halogens is 3. The van der Waals surface area contributed by atoms with Crippen LogP contribution in [0.1, 0.15) is 44.4 Å². The van der Waals surface area contributed by atoms with E-state index in [1.807, 2.05) is 27.7 Å². The Hall–Kier alpha value is -4.28. The van der Waals surface area contributed by atoms with Crippen molar-refractivity contribution < 1.29 is 37.5 Å². The molecular formula is C27H26F3NO7. The maximum absolute atomic E-state index is 13.6. The molecule has 0 saturated heterocycles. The second-order valence-corrected chi connectivity index (χ2v) is 9.11. The Morgan fingerprint density at radius 1 is 1.05 bits per heavy atom. The van der Waals surface area contributed by atoms with Crippen LogP contribution in [0.3, 0.4) is 0 Å². The molecule has 0 aliphatic heterocycles. The lowest BCUT2D eigenvalue weighted by Crippen LogP contribution is -2.11. The number of phenols is 2. The van der Waals surface area contributed by atoms with Gasteiger partial charge in [-0.15, -0.1) is 0 Å². The maximum atomic E-state index is 13.6. The summed E-state index contributed by atoms with van der Waals surface area (Å²) < 4.78 is 52.0. The van der Waals surface area contributed by atoms with Crippen LogP contribution in [-0.2, 0) is 19.0 Å². The highest BCUT2D eigenvalue weighted by atomic mass is 19.4. The van der Waals surface area contributed by atoms with Crippen molar-refractivity contribution in [1.82, 2.24) is 0 Å². The summed E-state index contributed by atoms with van der Waals surface area (Å²) in [7, 11) is 1.10. The highest BCUT2D eigenvalue weighted by Gasteiger charge is 2.39. The van der Waals surface area contributed by atoms with Gasteiger partial charge < -0.3 is 19.4 Å². The van der Waals surface area contributed by atoms with Crippen molar-refractivity contribution >= 4 is 16.7 Å². The first-order chi connectivity index (χ1) is 17.7. The number of nitro groups is 1. The molecule has 0 aliphatic rings. The van der Waals surface area contributed by atoms with Gasteiger partial charge in [-0.25, -0.2) is 0 Å². The van der Waals surface area contributed by atoms with Crippen molar-refractivity contribution in [2.45, 2.75) is 46.7 Å². The molecule has 0 saturated carbocycles. The molecule has 0 amide bonds. The van der Waals surface area contributed by atoms with Gasteiger partial charge in [-0.1, -0.05) is 23.3 Å². The number of nitro benzene ring substituents is 1. The van der Waals surface area contributed by atoms with Gasteiger partial charge >= 0.3 is 6.18 Å². The molecule has 1 aromatic heterocycles. The monoisotopic (exact) mass is 533 g/mol. The van der Waals surface area contributed by atoms with E-state index in [2.05, 4.69) is 0 Å². The van der Waals surface area contributed by atoms with Crippen LogP contribution in [0.15, 0.2) is 50.7 Å². The molecule has 1 heterocycles. The normalized spacial score (nSPS) is 11.4. The molecule has 0 fully saturated rings. The Balaban J connectivity index is 2.49. The lowest BCUT2D eigenvalue weighted by atomic mass is 9.96. The minimum atomic E-state index is -5.08. The summed E-state index contributed by atoms with van der Waals surface area (Å²) in [6, 6.07) is 2.14. The van der Waals surface area contributed by atoms with Gasteiger partial charge in [0, 0.05) is 22.8 Å². The standard InChI is InChI=1S/C27H26F3NO7/c1-13(2)6-9-16-21(32)17(10-7-14(3)4)25-20(22(16)33)23(34)26(37-5)24(38-25)15-8-11-19(31(35)36)18(12-15)27(28,29)30/h6-8,11-12,32-33H,9-10H2,1-5H3. The lowest BCUT2D eigenvalue weighted by Gasteiger charge is -2.17. The predicted molar refractivity (Wildman–Crippen MR) is 136 cm³/mol. The molecular weight excluding hydrogens is 507 g/mol. The molecule has 11 heteroatoms. The third-order valence-electron chi connectivity index (χ3n) is 5.83. The first kappa shape index (κ1) is 28.3. The second-order valence-electron chi connectivity index (χ2n) is 9.11. The third-order valence-corrected chi connectivity index (χ3v) is 5.83. The summed E-state index contributed by atoms with van der Waals surface area (Å²) in [5, 5.41) is 33.0. The summed E-state index contributed by atoms with van der Waals surface area (Å²) in [5.41, 5.74) is -2.19. The fourth-order valence-electron chi connectivity index (χ4n) is 3.93. The molecule has 0 bridgehead atoms. The maximum Gasteiger partial charge on any atom is 0.423 e. The highest BCUT2D eigenvalue weighted by Crippen LogP contribution is 2.44. The summed E-state index contributed by atoms with van der Waals surface area (Å²) in [6.07, 6.45) is -1.41. The number of hydrogen-bond acceptors (Lipinski definition) is 7. The van der Waals surface area contributed by atoms with E-state index in [1.54, 1.807) is 12.2 Å². The first-order valence-corrected chi connectivity index (χ1v) is 11.4. The van der Waals surface area contributed by atoms with E-state index in [-0.39, 0.29) is 46.3 Å². The van der Waals surface area contributed by atoms with Crippen molar-refractivity contribution in [3.05, 3.63) is 78.5 Å². The molecule has 2 N–H and O–H groups in total. The van der Waals surface area contributed by atoms with Gasteiger partial charge in [-0.3, -0.25) is 14.9 Å². The van der Waals surface area contributed by atoms with Crippen molar-refractivity contribution in [1.29, 1.82) is 0 Å². The Bertz CT molecular complexity index is 1540. The molecule has 8 nitrogen and oxygen atoms in total. The summed E-state index contributed by atoms with van der Waals surface area (Å²) in [5.74, 6) is -1.83. The van der Waals surface area contributed by atoms with Crippen LogP contribution in [-0.4, -0.2) is 22.2 Å². The first-order valence-electron chi connectivity index (χ1n) is 11.4. The summed E-state index contributed by atoms with van der Waals surface area (Å²) in [4.78, 5) is 23.6. The number of ether oxygens (including phenoxy) is 1. The second kappa shape index (κ2) is 10.6. The number of alkyl halides is 3. The van der Waals surface area contributed by atoms with Gasteiger partial charge in [0.15, 0.2) is 5.76 Å². The Kier molecular flexibility index (Phi) is 7.90. The molecule has 0 spiro atoms. The Morgan fingerprint density at radius 3 is 2.13 bits per heavy atom. The molecule has 38 heavy (non-hydrogen) atoms. The SMILES string of the molecule is COc1c(-c2ccc([N+](=O)[O-])c(C(F)(F)F)c2)oc2c(CC=C(C)C)c(O)c(CC=C(C)C)c(O)c2c1=O. The predicted octanol–water partition coefficient (Wildman–Crippen LogP) is 6.82. The van der Waals surface area contributed by atoms with Crippen LogP contribution >= 0.6 is 0 Å². The minimum Gasteiger partial charge on any atom is -0.507 e. The summed E-state index contributed by atoms with van der Waals surface area (Å²) >= 11 is 0. The zero-order valence-corrected chi connectivity index (χ0v) is 21.3. The zero-order valence-electron chi connectivity index (χ0n) is 21.3. The summed E-state index contributed by atoms with van der Waals surface area (Å²) in [6.45, 7) is 7.26. The number of nitrogens with zero attached hydrogens (tertiary/aromatic N) is 1. The number of allylic oxidation sites excluding steroid dienone is 4. The Morgan fingerprint density at radius 2 is 1.63 bits per heavy atom. The van der Waals surface area contributed by atoms with Gasteiger partial charge in [0.05, 0.1) is 12.0 Å². The highest BCUT2D eigenvalue weighted by molar-refractivity contribution is 5.93. The van der Waals surface area contributed by atoms with Crippen LogP contribution in [0.5, 0.6) is 17.2 Å². The van der Waals surface area contributed by atoms with Crippen molar-refractivity contribution in [3.63, 3.8) is 0 Å². The van der Waals surface area contributed by atoms with E-state index in [9.17, 15) is 38.3 Å². The smallest absolute Gasteiger partial charge is 0.423 e. The molecule has 3 aromatic rings. The average molecular weight is 533 g/mol. The molecule has 202 valence electrons. The minimum absolute atomic E-state index is 0.0765. The van der Waals surface area contributed by atoms with Gasteiger partial charge in [0.25, 0.3) is 5.69 Å². The van der Waals surface area contributed by atoms with E-state index in [0.29, 0.717) is 12.1 Å². The number of methoxy groups -OCH3 is 1. The lowest BCUT2D eigenvalue weighted by molar-refractivity contribution is -0.388. The van der Waals surface area contributed by atoms with Crippen LogP contribution in [0.2, 0.25) is 0 Å². The van der Waals surface area contributed by atoms with Crippen LogP contribution < -0.4 is 10.2 Å². The molecule has 0 radical (unpaired) electrons. The molecule has 3 rings (SSSR count). The largest absolute Gasteiger partial charge is 0.507 e. The van der Waals surface area contributed by atoms with E-state index in [1.165, 1.54) is 0 Å². The third kappa shape index (κ3) is 5.36. The number of phenolic OH excluding ortho intramolecular Hbond substituents is 2. The van der Waals surface area contributed by atoms with Gasteiger partial charge in [-0.2, -0.15) is 13.2 Å². The van der Waals surface area contributed by atoms with Gasteiger partial charge in [-0.05, 0) is 52.7 Å². The van der Waals surface area contributed by atoms with Gasteiger partial charge in [0.1, 0.15) is 28.0 Å². The van der Waals surface area contributed by atoms with E-state index in [0.717, 1.165) is 24.3 Å². The van der Waals surface area contributed by atoms with Crippen LogP contribution in [0.25, 0.3) is 22.3 Å².